The summed E-state index contributed by atoms with van der Waals surface area (Å²) in [6, 6.07) is -0.879. The van der Waals surface area contributed by atoms with Crippen molar-refractivity contribution in [2.75, 3.05) is 6.54 Å². The predicted molar refractivity (Wildman–Crippen MR) is 68.7 cm³/mol. The van der Waals surface area contributed by atoms with Gasteiger partial charge in [-0.15, -0.1) is 0 Å². The van der Waals surface area contributed by atoms with Gasteiger partial charge in [0, 0.05) is 11.3 Å². The van der Waals surface area contributed by atoms with E-state index in [2.05, 4.69) is 17.9 Å². The smallest absolute Gasteiger partial charge is 0.324 e. The molecule has 1 heterocycles. The topological polar surface area (TPSA) is 127 Å². The summed E-state index contributed by atoms with van der Waals surface area (Å²) >= 11 is 4.36. The molecule has 3 unspecified atom stereocenters. The Balaban J connectivity index is 2.51. The highest BCUT2D eigenvalue weighted by molar-refractivity contribution is 7.81. The molecule has 2 rings (SSSR count). The zero-order valence-electron chi connectivity index (χ0n) is 9.51. The second kappa shape index (κ2) is 4.57. The van der Waals surface area contributed by atoms with Crippen LogP contribution in [0.1, 0.15) is 19.3 Å². The maximum absolute atomic E-state index is 11.7. The van der Waals surface area contributed by atoms with E-state index in [4.69, 9.17) is 0 Å². The Bertz CT molecular complexity index is 411. The van der Waals surface area contributed by atoms with Crippen LogP contribution >= 0.6 is 27.8 Å². The van der Waals surface area contributed by atoms with Crippen molar-refractivity contribution in [2.45, 2.75) is 35.5 Å². The van der Waals surface area contributed by atoms with Crippen LogP contribution in [-0.2, 0) is 9.13 Å². The number of thiol groups is 1. The van der Waals surface area contributed by atoms with Crippen molar-refractivity contribution in [2.24, 2.45) is 5.92 Å². The Morgan fingerprint density at radius 3 is 2.17 bits per heavy atom. The van der Waals surface area contributed by atoms with Crippen LogP contribution in [0.3, 0.4) is 0 Å². The molecular weight excluding hydrogens is 300 g/mol. The molecule has 10 heteroatoms. The maximum Gasteiger partial charge on any atom is 0.345 e. The van der Waals surface area contributed by atoms with Gasteiger partial charge >= 0.3 is 15.2 Å². The highest BCUT2D eigenvalue weighted by atomic mass is 32.1. The van der Waals surface area contributed by atoms with Gasteiger partial charge in [-0.25, -0.2) is 0 Å². The number of rotatable bonds is 2. The molecule has 0 radical (unpaired) electrons. The minimum Gasteiger partial charge on any atom is -0.324 e. The van der Waals surface area contributed by atoms with E-state index in [9.17, 15) is 28.7 Å². The number of piperidine rings is 1. The molecule has 1 saturated carbocycles. The third-order valence-corrected chi connectivity index (χ3v) is 9.30. The summed E-state index contributed by atoms with van der Waals surface area (Å²) in [6.45, 7) is 0.455. The van der Waals surface area contributed by atoms with Crippen molar-refractivity contribution >= 4 is 27.8 Å². The van der Waals surface area contributed by atoms with Crippen LogP contribution in [0.2, 0.25) is 0 Å². The lowest BCUT2D eigenvalue weighted by Gasteiger charge is -2.41. The Morgan fingerprint density at radius 1 is 1.11 bits per heavy atom. The molecule has 1 aliphatic carbocycles. The lowest BCUT2D eigenvalue weighted by Crippen LogP contribution is -2.54. The van der Waals surface area contributed by atoms with Gasteiger partial charge in [-0.3, -0.25) is 9.13 Å². The summed E-state index contributed by atoms with van der Waals surface area (Å²) in [5.41, 5.74) is 0. The molecule has 0 aromatic carbocycles. The molecule has 5 N–H and O–H groups in total. The molecule has 0 amide bonds. The van der Waals surface area contributed by atoms with E-state index in [-0.39, 0.29) is 17.6 Å². The molecule has 7 nitrogen and oxygen atoms in total. The predicted octanol–water partition coefficient (Wildman–Crippen LogP) is 0.108. The zero-order chi connectivity index (χ0) is 13.8. The molecule has 0 aromatic rings. The monoisotopic (exact) mass is 317 g/mol. The quantitative estimate of drug-likeness (QED) is 0.315. The van der Waals surface area contributed by atoms with Crippen LogP contribution < -0.4 is 5.32 Å². The third-order valence-electron chi connectivity index (χ3n) is 4.08. The third kappa shape index (κ3) is 2.03. The van der Waals surface area contributed by atoms with Crippen molar-refractivity contribution in [3.8, 4) is 0 Å². The molecule has 3 atom stereocenters. The molecule has 18 heavy (non-hydrogen) atoms. The van der Waals surface area contributed by atoms with Crippen LogP contribution in [0.5, 0.6) is 0 Å². The molecule has 0 aromatic heterocycles. The second-order valence-corrected chi connectivity index (χ2v) is 9.75. The first kappa shape index (κ1) is 15.0. The molecule has 0 bridgehead atoms. The highest BCUT2D eigenvalue weighted by Gasteiger charge is 2.69. The summed E-state index contributed by atoms with van der Waals surface area (Å²) in [6.07, 6.45) is 0.908. The first-order valence-corrected chi connectivity index (χ1v) is 9.38. The second-order valence-electron chi connectivity index (χ2n) is 4.96. The molecule has 1 aliphatic heterocycles. The average molecular weight is 317 g/mol. The lowest BCUT2D eigenvalue weighted by molar-refractivity contribution is 0.258. The lowest BCUT2D eigenvalue weighted by atomic mass is 9.93. The van der Waals surface area contributed by atoms with Gasteiger partial charge < -0.3 is 24.9 Å². The first-order chi connectivity index (χ1) is 8.11. The highest BCUT2D eigenvalue weighted by Crippen LogP contribution is 2.76. The largest absolute Gasteiger partial charge is 0.345 e. The van der Waals surface area contributed by atoms with Crippen molar-refractivity contribution < 1.29 is 28.7 Å². The number of hydrogen-bond acceptors (Lipinski definition) is 4. The number of nitrogens with one attached hydrogen (secondary N) is 1. The fourth-order valence-electron chi connectivity index (χ4n) is 3.20. The van der Waals surface area contributed by atoms with Gasteiger partial charge in [-0.1, -0.05) is 0 Å². The van der Waals surface area contributed by atoms with Crippen LogP contribution in [0, 0.1) is 5.92 Å². The van der Waals surface area contributed by atoms with E-state index in [1.54, 1.807) is 0 Å². The molecular formula is C8H17NO6P2S. The first-order valence-electron chi connectivity index (χ1n) is 5.64. The van der Waals surface area contributed by atoms with Gasteiger partial charge in [0.25, 0.3) is 0 Å². The van der Waals surface area contributed by atoms with E-state index in [0.29, 0.717) is 13.0 Å². The summed E-state index contributed by atoms with van der Waals surface area (Å²) < 4.78 is 23.4. The summed E-state index contributed by atoms with van der Waals surface area (Å²) in [5, 5.41) is 2.80. The molecule has 0 spiro atoms. The Morgan fingerprint density at radius 2 is 1.67 bits per heavy atom. The van der Waals surface area contributed by atoms with Crippen molar-refractivity contribution in [3.05, 3.63) is 0 Å². The zero-order valence-corrected chi connectivity index (χ0v) is 12.2. The normalized spacial score (nSPS) is 36.4. The van der Waals surface area contributed by atoms with Gasteiger partial charge in [0.1, 0.15) is 0 Å². The average Bonchev–Trinajstić information content (AvgIpc) is 2.57. The minimum absolute atomic E-state index is 0.0868. The van der Waals surface area contributed by atoms with Crippen LogP contribution in [0.15, 0.2) is 0 Å². The van der Waals surface area contributed by atoms with Crippen molar-refractivity contribution in [1.29, 1.82) is 0 Å². The van der Waals surface area contributed by atoms with Gasteiger partial charge in [0.05, 0.1) is 0 Å². The molecule has 1 saturated heterocycles. The van der Waals surface area contributed by atoms with Gasteiger partial charge in [-0.2, -0.15) is 12.6 Å². The minimum atomic E-state index is -4.94. The van der Waals surface area contributed by atoms with E-state index >= 15 is 0 Å². The van der Waals surface area contributed by atoms with E-state index in [1.807, 2.05) is 0 Å². The fourth-order valence-corrected chi connectivity index (χ4v) is 7.14. The van der Waals surface area contributed by atoms with Gasteiger partial charge in [0.2, 0.25) is 0 Å². The maximum atomic E-state index is 11.7. The Hall–Kier alpha value is 0.610. The summed E-state index contributed by atoms with van der Waals surface area (Å²) in [7, 11) is -9.88. The van der Waals surface area contributed by atoms with E-state index in [0.717, 1.165) is 6.42 Å². The van der Waals surface area contributed by atoms with Crippen LogP contribution in [-0.4, -0.2) is 42.3 Å². The van der Waals surface area contributed by atoms with Crippen LogP contribution in [0.25, 0.3) is 0 Å². The number of hydrogen-bond donors (Lipinski definition) is 6. The Kier molecular flexibility index (Phi) is 3.81. The van der Waals surface area contributed by atoms with E-state index in [1.165, 1.54) is 0 Å². The summed E-state index contributed by atoms with van der Waals surface area (Å²) in [4.78, 5) is 35.6. The molecule has 106 valence electrons. The Labute approximate surface area is 110 Å². The van der Waals surface area contributed by atoms with E-state index < -0.39 is 26.1 Å². The van der Waals surface area contributed by atoms with Crippen molar-refractivity contribution in [1.82, 2.24) is 5.32 Å². The number of fused-ring (bicyclic) bond motifs is 1. The summed E-state index contributed by atoms with van der Waals surface area (Å²) in [5.74, 6) is -0.220. The molecule has 2 fully saturated rings. The SMILES string of the molecule is O=P(O)(O)C1(P(=O)(O)O)CCC2C(S)CCNC21. The van der Waals surface area contributed by atoms with Crippen molar-refractivity contribution in [3.63, 3.8) is 0 Å². The van der Waals surface area contributed by atoms with Crippen LogP contribution in [0.4, 0.5) is 0 Å². The standard InChI is InChI=1S/C8H17NO6P2S/c10-16(11,12)8(17(13,14)15)3-1-5-6(18)2-4-9-7(5)8/h5-7,9,18H,1-4H2,(H2,10,11,12)(H2,13,14,15). The van der Waals surface area contributed by atoms with Gasteiger partial charge in [0.15, 0.2) is 4.90 Å². The van der Waals surface area contributed by atoms with Gasteiger partial charge in [-0.05, 0) is 31.7 Å². The molecule has 2 aliphatic rings. The fraction of sp³-hybridized carbons (Fsp3) is 1.00.